The first-order valence-electron chi connectivity index (χ1n) is 7.17. The molecule has 7 heteroatoms. The van der Waals surface area contributed by atoms with Gasteiger partial charge in [-0.15, -0.1) is 0 Å². The maximum Gasteiger partial charge on any atom is 0.303 e. The molecule has 0 radical (unpaired) electrons. The van der Waals surface area contributed by atoms with Crippen LogP contribution in [0.25, 0.3) is 0 Å². The van der Waals surface area contributed by atoms with E-state index in [1.54, 1.807) is 12.1 Å². The molecule has 0 saturated heterocycles. The molecule has 0 unspecified atom stereocenters. The van der Waals surface area contributed by atoms with Gasteiger partial charge in [-0.1, -0.05) is 24.1 Å². The zero-order chi connectivity index (χ0) is 16.4. The first-order valence-corrected chi connectivity index (χ1v) is 8.58. The van der Waals surface area contributed by atoms with Crippen LogP contribution in [0.4, 0.5) is 0 Å². The Hall–Kier alpha value is -1.44. The highest BCUT2D eigenvalue weighted by molar-refractivity contribution is 7.86. The first kappa shape index (κ1) is 18.6. The number of hydrogen-bond acceptors (Lipinski definition) is 5. The molecular formula is C15H22O6S. The second kappa shape index (κ2) is 9.55. The molecule has 0 fully saturated rings. The van der Waals surface area contributed by atoms with Gasteiger partial charge in [-0.3, -0.25) is 8.98 Å². The summed E-state index contributed by atoms with van der Waals surface area (Å²) in [7, 11) is -3.73. The van der Waals surface area contributed by atoms with Crippen molar-refractivity contribution in [3.8, 4) is 0 Å². The number of benzene rings is 1. The standard InChI is InChI=1S/C15H22O6S/c1-13-6-8-14(9-7-13)22(18,19)21-12-11-20-10-4-2-3-5-15(16)17/h6-9H,2-5,10-12H2,1H3,(H,16,17). The minimum atomic E-state index is -3.73. The SMILES string of the molecule is Cc1ccc(S(=O)(=O)OCCOCCCCCC(=O)O)cc1. The molecule has 0 aliphatic carbocycles. The number of unbranched alkanes of at least 4 members (excludes halogenated alkanes) is 2. The van der Waals surface area contributed by atoms with Gasteiger partial charge in [-0.05, 0) is 31.9 Å². The highest BCUT2D eigenvalue weighted by Gasteiger charge is 2.14. The summed E-state index contributed by atoms with van der Waals surface area (Å²) in [5.41, 5.74) is 0.977. The Morgan fingerprint density at radius 1 is 1.05 bits per heavy atom. The number of rotatable bonds is 11. The van der Waals surface area contributed by atoms with Crippen molar-refractivity contribution in [3.63, 3.8) is 0 Å². The molecule has 0 bridgehead atoms. The monoisotopic (exact) mass is 330 g/mol. The maximum atomic E-state index is 11.8. The number of hydrogen-bond donors (Lipinski definition) is 1. The summed E-state index contributed by atoms with van der Waals surface area (Å²) in [5.74, 6) is -0.796. The van der Waals surface area contributed by atoms with Crippen LogP contribution in [-0.4, -0.2) is 39.3 Å². The Balaban J connectivity index is 2.13. The average molecular weight is 330 g/mol. The minimum Gasteiger partial charge on any atom is -0.481 e. The van der Waals surface area contributed by atoms with E-state index in [1.807, 2.05) is 6.92 Å². The smallest absolute Gasteiger partial charge is 0.303 e. The van der Waals surface area contributed by atoms with E-state index in [0.717, 1.165) is 18.4 Å². The van der Waals surface area contributed by atoms with Crippen LogP contribution in [0, 0.1) is 6.92 Å². The number of ether oxygens (including phenoxy) is 1. The number of carboxylic acid groups (broad SMARTS) is 1. The van der Waals surface area contributed by atoms with Crippen molar-refractivity contribution in [3.05, 3.63) is 29.8 Å². The lowest BCUT2D eigenvalue weighted by atomic mass is 10.2. The molecule has 1 rings (SSSR count). The van der Waals surface area contributed by atoms with Crippen LogP contribution in [0.2, 0.25) is 0 Å². The average Bonchev–Trinajstić information content (AvgIpc) is 2.45. The van der Waals surface area contributed by atoms with Gasteiger partial charge in [0, 0.05) is 13.0 Å². The second-order valence-electron chi connectivity index (χ2n) is 4.91. The van der Waals surface area contributed by atoms with E-state index in [0.29, 0.717) is 13.0 Å². The van der Waals surface area contributed by atoms with Crippen LogP contribution in [0.5, 0.6) is 0 Å². The van der Waals surface area contributed by atoms with Gasteiger partial charge in [-0.2, -0.15) is 8.42 Å². The summed E-state index contributed by atoms with van der Waals surface area (Å²) in [6.07, 6.45) is 2.31. The van der Waals surface area contributed by atoms with E-state index in [2.05, 4.69) is 0 Å². The summed E-state index contributed by atoms with van der Waals surface area (Å²) >= 11 is 0. The molecule has 0 aromatic heterocycles. The van der Waals surface area contributed by atoms with Crippen molar-refractivity contribution in [2.75, 3.05) is 19.8 Å². The molecule has 1 N–H and O–H groups in total. The first-order chi connectivity index (χ1) is 10.4. The van der Waals surface area contributed by atoms with Crippen molar-refractivity contribution >= 4 is 16.1 Å². The van der Waals surface area contributed by atoms with E-state index in [-0.39, 0.29) is 24.5 Å². The second-order valence-corrected chi connectivity index (χ2v) is 6.52. The maximum absolute atomic E-state index is 11.8. The molecule has 0 heterocycles. The fourth-order valence-electron chi connectivity index (χ4n) is 1.73. The van der Waals surface area contributed by atoms with Gasteiger partial charge >= 0.3 is 5.97 Å². The van der Waals surface area contributed by atoms with Crippen LogP contribution in [0.15, 0.2) is 29.2 Å². The summed E-state index contributed by atoms with van der Waals surface area (Å²) in [5, 5.41) is 8.47. The normalized spacial score (nSPS) is 11.5. The highest BCUT2D eigenvalue weighted by atomic mass is 32.2. The van der Waals surface area contributed by atoms with Crippen LogP contribution >= 0.6 is 0 Å². The number of carbonyl (C=O) groups is 1. The zero-order valence-corrected chi connectivity index (χ0v) is 13.5. The van der Waals surface area contributed by atoms with Gasteiger partial charge in [0.25, 0.3) is 10.1 Å². The van der Waals surface area contributed by atoms with E-state index in [4.69, 9.17) is 14.0 Å². The Morgan fingerprint density at radius 3 is 2.36 bits per heavy atom. The molecule has 0 aliphatic heterocycles. The Labute approximate surface area is 131 Å². The quantitative estimate of drug-likeness (QED) is 0.495. The third-order valence-electron chi connectivity index (χ3n) is 2.96. The van der Waals surface area contributed by atoms with E-state index >= 15 is 0 Å². The van der Waals surface area contributed by atoms with Crippen LogP contribution < -0.4 is 0 Å². The minimum absolute atomic E-state index is 0.0364. The summed E-state index contributed by atoms with van der Waals surface area (Å²) < 4.78 is 33.8. The molecule has 6 nitrogen and oxygen atoms in total. The van der Waals surface area contributed by atoms with Crippen molar-refractivity contribution in [2.45, 2.75) is 37.5 Å². The van der Waals surface area contributed by atoms with E-state index in [1.165, 1.54) is 12.1 Å². The molecule has 124 valence electrons. The number of aliphatic carboxylic acids is 1. The van der Waals surface area contributed by atoms with Crippen LogP contribution in [0.1, 0.15) is 31.2 Å². The third-order valence-corrected chi connectivity index (χ3v) is 4.28. The van der Waals surface area contributed by atoms with Gasteiger partial charge in [0.1, 0.15) is 0 Å². The molecule has 1 aromatic carbocycles. The fraction of sp³-hybridized carbons (Fsp3) is 0.533. The summed E-state index contributed by atoms with van der Waals surface area (Å²) in [6.45, 7) is 2.49. The molecule has 22 heavy (non-hydrogen) atoms. The van der Waals surface area contributed by atoms with Crippen molar-refractivity contribution in [2.24, 2.45) is 0 Å². The molecule has 0 amide bonds. The lowest BCUT2D eigenvalue weighted by molar-refractivity contribution is -0.137. The summed E-state index contributed by atoms with van der Waals surface area (Å²) in [6, 6.07) is 6.44. The van der Waals surface area contributed by atoms with Crippen LogP contribution in [0.3, 0.4) is 0 Å². The van der Waals surface area contributed by atoms with Crippen molar-refractivity contribution in [1.29, 1.82) is 0 Å². The van der Waals surface area contributed by atoms with E-state index in [9.17, 15) is 13.2 Å². The van der Waals surface area contributed by atoms with Gasteiger partial charge in [-0.25, -0.2) is 0 Å². The largest absolute Gasteiger partial charge is 0.481 e. The zero-order valence-electron chi connectivity index (χ0n) is 12.7. The molecule has 0 saturated carbocycles. The highest BCUT2D eigenvalue weighted by Crippen LogP contribution is 2.12. The molecular weight excluding hydrogens is 308 g/mol. The van der Waals surface area contributed by atoms with Crippen molar-refractivity contribution < 1.29 is 27.2 Å². The van der Waals surface area contributed by atoms with Crippen LogP contribution in [-0.2, 0) is 23.8 Å². The fourth-order valence-corrected chi connectivity index (χ4v) is 2.63. The molecule has 0 spiro atoms. The van der Waals surface area contributed by atoms with E-state index < -0.39 is 16.1 Å². The van der Waals surface area contributed by atoms with Crippen molar-refractivity contribution in [1.82, 2.24) is 0 Å². The lowest BCUT2D eigenvalue weighted by Crippen LogP contribution is -2.12. The lowest BCUT2D eigenvalue weighted by Gasteiger charge is -2.07. The predicted molar refractivity (Wildman–Crippen MR) is 81.2 cm³/mol. The molecule has 0 aliphatic rings. The van der Waals surface area contributed by atoms with Gasteiger partial charge in [0.05, 0.1) is 18.1 Å². The molecule has 1 aromatic rings. The Bertz CT molecular complexity index is 550. The third kappa shape index (κ3) is 7.53. The number of carboxylic acids is 1. The Morgan fingerprint density at radius 2 is 1.73 bits per heavy atom. The summed E-state index contributed by atoms with van der Waals surface area (Å²) in [4.78, 5) is 10.4. The van der Waals surface area contributed by atoms with Gasteiger partial charge in [0.15, 0.2) is 0 Å². The topological polar surface area (TPSA) is 89.9 Å². The number of aryl methyl sites for hydroxylation is 1. The predicted octanol–water partition coefficient (Wildman–Crippen LogP) is 2.36. The van der Waals surface area contributed by atoms with Gasteiger partial charge in [0.2, 0.25) is 0 Å². The molecule has 0 atom stereocenters. The Kier molecular flexibility index (Phi) is 8.08. The van der Waals surface area contributed by atoms with Gasteiger partial charge < -0.3 is 9.84 Å².